The van der Waals surface area contributed by atoms with Gasteiger partial charge >= 0.3 is 0 Å². The van der Waals surface area contributed by atoms with E-state index in [1.54, 1.807) is 13.0 Å². The van der Waals surface area contributed by atoms with Crippen LogP contribution in [0.25, 0.3) is 0 Å². The fourth-order valence-corrected chi connectivity index (χ4v) is 3.92. The molecule has 0 fully saturated rings. The van der Waals surface area contributed by atoms with Crippen LogP contribution in [0, 0.1) is 12.7 Å². The molecule has 2 aromatic rings. The van der Waals surface area contributed by atoms with Crippen molar-refractivity contribution in [1.29, 1.82) is 0 Å². The van der Waals surface area contributed by atoms with Crippen LogP contribution in [0.3, 0.4) is 0 Å². The Balaban J connectivity index is 2.32. The highest BCUT2D eigenvalue weighted by molar-refractivity contribution is 7.94. The number of nitrogens with two attached hydrogens (primary N) is 1. The highest BCUT2D eigenvalue weighted by Crippen LogP contribution is 2.25. The maximum absolute atomic E-state index is 13.9. The van der Waals surface area contributed by atoms with Crippen LogP contribution in [0.15, 0.2) is 39.7 Å². The first kappa shape index (κ1) is 15.3. The van der Waals surface area contributed by atoms with Gasteiger partial charge in [-0.2, -0.15) is 0 Å². The zero-order valence-corrected chi connectivity index (χ0v) is 12.5. The minimum absolute atomic E-state index is 0.0971. The summed E-state index contributed by atoms with van der Waals surface area (Å²) < 4.78 is 40.3. The number of oxime groups is 1. The van der Waals surface area contributed by atoms with Gasteiger partial charge in [-0.05, 0) is 37.3 Å². The third-order valence-corrected chi connectivity index (χ3v) is 5.46. The summed E-state index contributed by atoms with van der Waals surface area (Å²) in [5.74, 6) is -1.09. The summed E-state index contributed by atoms with van der Waals surface area (Å²) in [5.41, 5.74) is 5.26. The zero-order chi connectivity index (χ0) is 15.6. The molecule has 0 aliphatic rings. The van der Waals surface area contributed by atoms with Crippen molar-refractivity contribution in [1.82, 2.24) is 0 Å². The van der Waals surface area contributed by atoms with Crippen molar-refractivity contribution in [2.24, 2.45) is 10.9 Å². The second kappa shape index (κ2) is 5.70. The third kappa shape index (κ3) is 3.31. The van der Waals surface area contributed by atoms with Crippen molar-refractivity contribution in [3.8, 4) is 0 Å². The van der Waals surface area contributed by atoms with Crippen molar-refractivity contribution in [2.75, 3.05) is 4.72 Å². The highest BCUT2D eigenvalue weighted by atomic mass is 32.2. The second-order valence-corrected chi connectivity index (χ2v) is 7.35. The van der Waals surface area contributed by atoms with Gasteiger partial charge in [-0.3, -0.25) is 4.72 Å². The van der Waals surface area contributed by atoms with Gasteiger partial charge in [0.1, 0.15) is 10.0 Å². The molecule has 0 amide bonds. The van der Waals surface area contributed by atoms with Gasteiger partial charge in [-0.25, -0.2) is 12.8 Å². The minimum Gasteiger partial charge on any atom is -0.409 e. The van der Waals surface area contributed by atoms with E-state index >= 15 is 0 Å². The molecule has 1 aromatic carbocycles. The second-order valence-electron chi connectivity index (χ2n) is 4.15. The fraction of sp³-hybridized carbons (Fsp3) is 0.0833. The van der Waals surface area contributed by atoms with E-state index in [1.807, 2.05) is 0 Å². The van der Waals surface area contributed by atoms with E-state index in [0.717, 1.165) is 22.3 Å². The average Bonchev–Trinajstić information content (AvgIpc) is 2.87. The SMILES string of the molecule is Cc1ccc(S(=O)(=O)Nc2ccc(/C(N)=N/O)cc2F)s1. The van der Waals surface area contributed by atoms with Crippen LogP contribution >= 0.6 is 11.3 Å². The first-order valence-corrected chi connectivity index (χ1v) is 8.00. The number of thiophene rings is 1. The first-order valence-electron chi connectivity index (χ1n) is 5.70. The molecule has 0 bridgehead atoms. The smallest absolute Gasteiger partial charge is 0.271 e. The molecular formula is C12H12FN3O3S2. The van der Waals surface area contributed by atoms with Crippen LogP contribution in [0.5, 0.6) is 0 Å². The van der Waals surface area contributed by atoms with Crippen LogP contribution in [0.1, 0.15) is 10.4 Å². The summed E-state index contributed by atoms with van der Waals surface area (Å²) in [6, 6.07) is 6.64. The average molecular weight is 329 g/mol. The number of hydrogen-bond acceptors (Lipinski definition) is 5. The number of aryl methyl sites for hydroxylation is 1. The van der Waals surface area contributed by atoms with Crippen LogP contribution in [-0.4, -0.2) is 19.5 Å². The first-order chi connectivity index (χ1) is 9.83. The molecule has 4 N–H and O–H groups in total. The van der Waals surface area contributed by atoms with Gasteiger partial charge < -0.3 is 10.9 Å². The predicted molar refractivity (Wildman–Crippen MR) is 78.8 cm³/mol. The Hall–Kier alpha value is -2.13. The van der Waals surface area contributed by atoms with E-state index in [9.17, 15) is 12.8 Å². The quantitative estimate of drug-likeness (QED) is 0.346. The highest BCUT2D eigenvalue weighted by Gasteiger charge is 2.18. The Bertz CT molecular complexity index is 800. The Morgan fingerprint density at radius 3 is 2.62 bits per heavy atom. The molecule has 6 nitrogen and oxygen atoms in total. The number of anilines is 1. The Labute approximate surface area is 124 Å². The number of benzene rings is 1. The molecule has 2 rings (SSSR count). The summed E-state index contributed by atoms with van der Waals surface area (Å²) in [5, 5.41) is 11.3. The topological polar surface area (TPSA) is 105 Å². The Morgan fingerprint density at radius 1 is 1.38 bits per heavy atom. The lowest BCUT2D eigenvalue weighted by atomic mass is 10.2. The molecule has 0 aliphatic heterocycles. The zero-order valence-electron chi connectivity index (χ0n) is 10.9. The van der Waals surface area contributed by atoms with E-state index in [0.29, 0.717) is 0 Å². The molecule has 0 saturated heterocycles. The summed E-state index contributed by atoms with van der Waals surface area (Å²) in [7, 11) is -3.84. The lowest BCUT2D eigenvalue weighted by Gasteiger charge is -2.08. The lowest BCUT2D eigenvalue weighted by molar-refractivity contribution is 0.318. The number of hydrogen-bond donors (Lipinski definition) is 3. The lowest BCUT2D eigenvalue weighted by Crippen LogP contribution is -2.15. The predicted octanol–water partition coefficient (Wildman–Crippen LogP) is 2.09. The van der Waals surface area contributed by atoms with Gasteiger partial charge in [0.25, 0.3) is 10.0 Å². The Kier molecular flexibility index (Phi) is 4.14. The minimum atomic E-state index is -3.84. The standard InChI is InChI=1S/C12H12FN3O3S2/c1-7-2-5-11(20-7)21(18,19)16-10-4-3-8(6-9(10)13)12(14)15-17/h2-6,16-17H,1H3,(H2,14,15). The molecule has 112 valence electrons. The van der Waals surface area contributed by atoms with E-state index < -0.39 is 15.8 Å². The summed E-state index contributed by atoms with van der Waals surface area (Å²) in [6.45, 7) is 1.77. The molecule has 0 atom stereocenters. The number of nitrogens with zero attached hydrogens (tertiary/aromatic N) is 1. The van der Waals surface area contributed by atoms with Crippen molar-refractivity contribution in [2.45, 2.75) is 11.1 Å². The monoisotopic (exact) mass is 329 g/mol. The van der Waals surface area contributed by atoms with Crippen molar-refractivity contribution >= 4 is 32.9 Å². The molecule has 21 heavy (non-hydrogen) atoms. The molecule has 9 heteroatoms. The van der Waals surface area contributed by atoms with Gasteiger partial charge in [0.05, 0.1) is 5.69 Å². The van der Waals surface area contributed by atoms with Gasteiger partial charge in [0.15, 0.2) is 5.84 Å². The van der Waals surface area contributed by atoms with E-state index in [-0.39, 0.29) is 21.3 Å². The van der Waals surface area contributed by atoms with Gasteiger partial charge in [-0.1, -0.05) is 5.16 Å². The molecule has 1 aromatic heterocycles. The Morgan fingerprint density at radius 2 is 2.10 bits per heavy atom. The summed E-state index contributed by atoms with van der Waals surface area (Å²) in [6.07, 6.45) is 0. The third-order valence-electron chi connectivity index (χ3n) is 2.60. The normalized spacial score (nSPS) is 12.4. The van der Waals surface area contributed by atoms with Crippen molar-refractivity contribution in [3.05, 3.63) is 46.6 Å². The van der Waals surface area contributed by atoms with Crippen molar-refractivity contribution in [3.63, 3.8) is 0 Å². The number of nitrogens with one attached hydrogen (secondary N) is 1. The molecule has 0 radical (unpaired) electrons. The molecule has 0 unspecified atom stereocenters. The van der Waals surface area contributed by atoms with Gasteiger partial charge in [-0.15, -0.1) is 11.3 Å². The van der Waals surface area contributed by atoms with Crippen molar-refractivity contribution < 1.29 is 18.0 Å². The maximum atomic E-state index is 13.9. The van der Waals surface area contributed by atoms with E-state index in [4.69, 9.17) is 10.9 Å². The summed E-state index contributed by atoms with van der Waals surface area (Å²) in [4.78, 5) is 0.832. The molecule has 0 saturated carbocycles. The molecule has 1 heterocycles. The number of amidine groups is 1. The van der Waals surface area contributed by atoms with Crippen LogP contribution < -0.4 is 10.5 Å². The van der Waals surface area contributed by atoms with Crippen LogP contribution in [0.4, 0.5) is 10.1 Å². The van der Waals surface area contributed by atoms with E-state index in [2.05, 4.69) is 9.88 Å². The largest absolute Gasteiger partial charge is 0.409 e. The summed E-state index contributed by atoms with van der Waals surface area (Å²) >= 11 is 1.09. The molecular weight excluding hydrogens is 317 g/mol. The van der Waals surface area contributed by atoms with Crippen LogP contribution in [0.2, 0.25) is 0 Å². The number of sulfonamides is 1. The van der Waals surface area contributed by atoms with Gasteiger partial charge in [0.2, 0.25) is 0 Å². The van der Waals surface area contributed by atoms with Gasteiger partial charge in [0, 0.05) is 10.4 Å². The number of rotatable bonds is 4. The number of halogens is 1. The molecule has 0 aliphatic carbocycles. The fourth-order valence-electron chi connectivity index (χ4n) is 1.57. The molecule has 0 spiro atoms. The van der Waals surface area contributed by atoms with Crippen LogP contribution in [-0.2, 0) is 10.0 Å². The maximum Gasteiger partial charge on any atom is 0.271 e. The van der Waals surface area contributed by atoms with E-state index in [1.165, 1.54) is 18.2 Å².